The second-order valence-corrected chi connectivity index (χ2v) is 10.9. The molecular formula is C26H30Cl3FN2O2S. The first-order chi connectivity index (χ1) is 16.8. The first-order valence-electron chi connectivity index (χ1n) is 11.8. The Bertz CT molecular complexity index is 993. The zero-order valence-electron chi connectivity index (χ0n) is 19.7. The molecule has 1 N–H and O–H groups in total. The van der Waals surface area contributed by atoms with Crippen molar-refractivity contribution in [1.82, 2.24) is 10.2 Å². The number of amides is 2. The third kappa shape index (κ3) is 7.75. The van der Waals surface area contributed by atoms with E-state index in [4.69, 9.17) is 34.8 Å². The number of nitrogens with one attached hydrogen (secondary N) is 1. The molecular weight excluding hydrogens is 530 g/mol. The van der Waals surface area contributed by atoms with Gasteiger partial charge in [0.05, 0.1) is 5.75 Å². The fraction of sp³-hybridized carbons (Fsp3) is 0.462. The van der Waals surface area contributed by atoms with E-state index < -0.39 is 11.9 Å². The summed E-state index contributed by atoms with van der Waals surface area (Å²) in [4.78, 5) is 28.3. The van der Waals surface area contributed by atoms with Gasteiger partial charge in [-0.05, 0) is 43.5 Å². The van der Waals surface area contributed by atoms with Crippen molar-refractivity contribution < 1.29 is 14.0 Å². The molecule has 0 radical (unpaired) electrons. The van der Waals surface area contributed by atoms with Crippen molar-refractivity contribution in [2.24, 2.45) is 0 Å². The summed E-state index contributed by atoms with van der Waals surface area (Å²) < 4.78 is 14.1. The maximum absolute atomic E-state index is 14.1. The van der Waals surface area contributed by atoms with Gasteiger partial charge in [-0.15, -0.1) is 11.8 Å². The Morgan fingerprint density at radius 3 is 2.23 bits per heavy atom. The predicted octanol–water partition coefficient (Wildman–Crippen LogP) is 7.28. The van der Waals surface area contributed by atoms with Crippen LogP contribution in [0.2, 0.25) is 15.1 Å². The summed E-state index contributed by atoms with van der Waals surface area (Å²) in [5.74, 6) is -0.527. The number of rotatable bonds is 10. The number of carbonyl (C=O) groups is 2. The zero-order valence-corrected chi connectivity index (χ0v) is 22.8. The van der Waals surface area contributed by atoms with Crippen molar-refractivity contribution in [3.63, 3.8) is 0 Å². The van der Waals surface area contributed by atoms with Crippen LogP contribution in [0.3, 0.4) is 0 Å². The molecule has 35 heavy (non-hydrogen) atoms. The first kappa shape index (κ1) is 28.1. The lowest BCUT2D eigenvalue weighted by Crippen LogP contribution is -2.52. The third-order valence-corrected chi connectivity index (χ3v) is 8.27. The Kier molecular flexibility index (Phi) is 11.0. The molecule has 0 bridgehead atoms. The summed E-state index contributed by atoms with van der Waals surface area (Å²) in [6, 6.07) is 9.13. The van der Waals surface area contributed by atoms with Gasteiger partial charge in [0.2, 0.25) is 11.8 Å². The van der Waals surface area contributed by atoms with Crippen molar-refractivity contribution in [2.75, 3.05) is 5.75 Å². The van der Waals surface area contributed by atoms with Crippen LogP contribution >= 0.6 is 46.6 Å². The van der Waals surface area contributed by atoms with Crippen molar-refractivity contribution in [1.29, 1.82) is 0 Å². The Hall–Kier alpha value is -1.47. The zero-order chi connectivity index (χ0) is 25.4. The van der Waals surface area contributed by atoms with Crippen LogP contribution in [0.5, 0.6) is 0 Å². The van der Waals surface area contributed by atoms with E-state index in [1.165, 1.54) is 24.2 Å². The first-order valence-corrected chi connectivity index (χ1v) is 14.1. The minimum atomic E-state index is -0.672. The molecule has 0 aliphatic heterocycles. The van der Waals surface area contributed by atoms with Gasteiger partial charge in [0.15, 0.2) is 0 Å². The SMILES string of the molecule is CC[C@@H](C(=O)NC1CCCCC1)N(Cc1c(Cl)cccc1Cl)C(=O)CSCc1c(F)cccc1Cl. The molecule has 0 aromatic heterocycles. The van der Waals surface area contributed by atoms with Crippen LogP contribution in [0.4, 0.5) is 4.39 Å². The monoisotopic (exact) mass is 558 g/mol. The van der Waals surface area contributed by atoms with Gasteiger partial charge < -0.3 is 10.2 Å². The third-order valence-electron chi connectivity index (χ3n) is 6.26. The molecule has 3 rings (SSSR count). The molecule has 0 heterocycles. The van der Waals surface area contributed by atoms with Gasteiger partial charge in [-0.2, -0.15) is 0 Å². The molecule has 190 valence electrons. The van der Waals surface area contributed by atoms with E-state index in [1.54, 1.807) is 35.2 Å². The average Bonchev–Trinajstić information content (AvgIpc) is 2.83. The summed E-state index contributed by atoms with van der Waals surface area (Å²) in [5.41, 5.74) is 0.949. The van der Waals surface area contributed by atoms with Crippen LogP contribution in [0, 0.1) is 5.82 Å². The highest BCUT2D eigenvalue weighted by molar-refractivity contribution is 7.99. The Morgan fingerprint density at radius 1 is 1.03 bits per heavy atom. The molecule has 0 saturated heterocycles. The number of carbonyl (C=O) groups excluding carboxylic acids is 2. The molecule has 2 amide bonds. The normalized spacial score (nSPS) is 15.0. The summed E-state index contributed by atoms with van der Waals surface area (Å²) in [5, 5.41) is 4.33. The minimum Gasteiger partial charge on any atom is -0.352 e. The second-order valence-electron chi connectivity index (χ2n) is 8.68. The highest BCUT2D eigenvalue weighted by Crippen LogP contribution is 2.29. The van der Waals surface area contributed by atoms with Crippen molar-refractivity contribution in [3.05, 3.63) is 68.4 Å². The maximum atomic E-state index is 14.1. The lowest BCUT2D eigenvalue weighted by molar-refractivity contribution is -0.139. The van der Waals surface area contributed by atoms with Crippen LogP contribution in [-0.2, 0) is 21.9 Å². The number of benzene rings is 2. The molecule has 1 aliphatic carbocycles. The van der Waals surface area contributed by atoms with Gasteiger partial charge in [-0.25, -0.2) is 4.39 Å². The maximum Gasteiger partial charge on any atom is 0.243 e. The molecule has 2 aromatic rings. The van der Waals surface area contributed by atoms with Crippen LogP contribution in [0.15, 0.2) is 36.4 Å². The quantitative estimate of drug-likeness (QED) is 0.333. The molecule has 1 aliphatic rings. The van der Waals surface area contributed by atoms with Crippen LogP contribution in [0.25, 0.3) is 0 Å². The number of halogens is 4. The van der Waals surface area contributed by atoms with Gasteiger partial charge in [-0.3, -0.25) is 9.59 Å². The minimum absolute atomic E-state index is 0.0555. The fourth-order valence-corrected chi connectivity index (χ4v) is 6.08. The van der Waals surface area contributed by atoms with Crippen LogP contribution < -0.4 is 5.32 Å². The molecule has 1 fully saturated rings. The van der Waals surface area contributed by atoms with Crippen molar-refractivity contribution >= 4 is 58.4 Å². The highest BCUT2D eigenvalue weighted by atomic mass is 35.5. The standard InChI is InChI=1S/C26H30Cl3FN2O2S/c1-2-24(26(34)31-17-8-4-3-5-9-17)32(14-18-20(27)10-6-11-21(18)28)25(33)16-35-15-19-22(29)12-7-13-23(19)30/h6-7,10-13,17,24H,2-5,8-9,14-16H2,1H3,(H,31,34)/t24-/m0/s1. The van der Waals surface area contributed by atoms with Gasteiger partial charge in [0.1, 0.15) is 11.9 Å². The molecule has 0 spiro atoms. The van der Waals surface area contributed by atoms with Crippen molar-refractivity contribution in [2.45, 2.75) is 69.8 Å². The van der Waals surface area contributed by atoms with Gasteiger partial charge >= 0.3 is 0 Å². The van der Waals surface area contributed by atoms with E-state index in [0.29, 0.717) is 32.6 Å². The number of hydrogen-bond donors (Lipinski definition) is 1. The molecule has 1 saturated carbocycles. The largest absolute Gasteiger partial charge is 0.352 e. The molecule has 4 nitrogen and oxygen atoms in total. The summed E-state index contributed by atoms with van der Waals surface area (Å²) in [6.07, 6.45) is 5.71. The highest BCUT2D eigenvalue weighted by Gasteiger charge is 2.31. The molecule has 1 atom stereocenters. The van der Waals surface area contributed by atoms with Crippen molar-refractivity contribution in [3.8, 4) is 0 Å². The van der Waals surface area contributed by atoms with Gasteiger partial charge in [0, 0.05) is 44.5 Å². The van der Waals surface area contributed by atoms with E-state index >= 15 is 0 Å². The van der Waals surface area contributed by atoms with Crippen LogP contribution in [0.1, 0.15) is 56.6 Å². The summed E-state index contributed by atoms with van der Waals surface area (Å²) >= 11 is 20.2. The number of thioether (sulfide) groups is 1. The predicted molar refractivity (Wildman–Crippen MR) is 144 cm³/mol. The van der Waals surface area contributed by atoms with E-state index in [-0.39, 0.29) is 35.9 Å². The van der Waals surface area contributed by atoms with Gasteiger partial charge in [-0.1, -0.05) is 73.1 Å². The van der Waals surface area contributed by atoms with E-state index in [1.807, 2.05) is 6.92 Å². The fourth-order valence-electron chi connectivity index (χ4n) is 4.31. The Morgan fingerprint density at radius 2 is 1.63 bits per heavy atom. The van der Waals surface area contributed by atoms with E-state index in [0.717, 1.165) is 25.7 Å². The summed E-state index contributed by atoms with van der Waals surface area (Å²) in [6.45, 7) is 1.99. The Balaban J connectivity index is 1.77. The lowest BCUT2D eigenvalue weighted by Gasteiger charge is -2.33. The second kappa shape index (κ2) is 13.7. The van der Waals surface area contributed by atoms with Crippen LogP contribution in [-0.4, -0.2) is 34.6 Å². The number of hydrogen-bond acceptors (Lipinski definition) is 3. The van der Waals surface area contributed by atoms with E-state index in [9.17, 15) is 14.0 Å². The lowest BCUT2D eigenvalue weighted by atomic mass is 9.95. The topological polar surface area (TPSA) is 49.4 Å². The molecule has 2 aromatic carbocycles. The Labute approximate surface area is 225 Å². The molecule has 0 unspecified atom stereocenters. The van der Waals surface area contributed by atoms with E-state index in [2.05, 4.69) is 5.32 Å². The summed E-state index contributed by atoms with van der Waals surface area (Å²) in [7, 11) is 0. The average molecular weight is 560 g/mol. The van der Waals surface area contributed by atoms with Gasteiger partial charge in [0.25, 0.3) is 0 Å². The smallest absolute Gasteiger partial charge is 0.243 e. The number of nitrogens with zero attached hydrogens (tertiary/aromatic N) is 1. The molecule has 9 heteroatoms.